The fourth-order valence-electron chi connectivity index (χ4n) is 1.77. The van der Waals surface area contributed by atoms with E-state index in [9.17, 15) is 0 Å². The molecule has 0 radical (unpaired) electrons. The summed E-state index contributed by atoms with van der Waals surface area (Å²) in [6, 6.07) is 6.49. The van der Waals surface area contributed by atoms with Crippen LogP contribution in [-0.2, 0) is 0 Å². The van der Waals surface area contributed by atoms with E-state index < -0.39 is 0 Å². The van der Waals surface area contributed by atoms with Crippen LogP contribution in [0.3, 0.4) is 0 Å². The Morgan fingerprint density at radius 3 is 2.41 bits per heavy atom. The zero-order valence-electron chi connectivity index (χ0n) is 10.7. The van der Waals surface area contributed by atoms with Crippen LogP contribution < -0.4 is 5.73 Å². The van der Waals surface area contributed by atoms with Gasteiger partial charge in [0.1, 0.15) is 5.01 Å². The third kappa shape index (κ3) is 2.40. The van der Waals surface area contributed by atoms with Crippen molar-refractivity contribution in [3.05, 3.63) is 39.2 Å². The molecule has 2 nitrogen and oxygen atoms in total. The van der Waals surface area contributed by atoms with Crippen LogP contribution >= 0.6 is 11.3 Å². The number of hydrogen-bond donors (Lipinski definition) is 1. The van der Waals surface area contributed by atoms with Crippen molar-refractivity contribution in [1.29, 1.82) is 0 Å². The van der Waals surface area contributed by atoms with Gasteiger partial charge in [-0.2, -0.15) is 0 Å². The highest BCUT2D eigenvalue weighted by Gasteiger charge is 2.12. The van der Waals surface area contributed by atoms with Crippen molar-refractivity contribution in [2.75, 3.05) is 0 Å². The molecule has 1 aromatic heterocycles. The first-order valence-electron chi connectivity index (χ1n) is 5.79. The van der Waals surface area contributed by atoms with E-state index in [4.69, 9.17) is 5.73 Å². The molecular weight excluding hydrogens is 228 g/mol. The molecule has 0 amide bonds. The fraction of sp³-hybridized carbons (Fsp3) is 0.357. The zero-order chi connectivity index (χ0) is 12.6. The molecule has 1 heterocycles. The van der Waals surface area contributed by atoms with Gasteiger partial charge in [-0.1, -0.05) is 12.1 Å². The van der Waals surface area contributed by atoms with Crippen molar-refractivity contribution in [3.8, 4) is 11.3 Å². The minimum absolute atomic E-state index is 0.0130. The molecule has 17 heavy (non-hydrogen) atoms. The number of aromatic nitrogens is 1. The first-order valence-corrected chi connectivity index (χ1v) is 6.61. The highest BCUT2D eigenvalue weighted by molar-refractivity contribution is 7.12. The van der Waals surface area contributed by atoms with Gasteiger partial charge < -0.3 is 5.73 Å². The molecule has 0 bridgehead atoms. The average Bonchev–Trinajstić information content (AvgIpc) is 2.65. The second kappa shape index (κ2) is 4.59. The molecule has 0 fully saturated rings. The summed E-state index contributed by atoms with van der Waals surface area (Å²) in [5.41, 5.74) is 10.8. The van der Waals surface area contributed by atoms with E-state index in [-0.39, 0.29) is 6.04 Å². The summed E-state index contributed by atoms with van der Waals surface area (Å²) in [5.74, 6) is 0. The summed E-state index contributed by atoms with van der Waals surface area (Å²) in [7, 11) is 0. The maximum absolute atomic E-state index is 5.88. The number of nitrogens with two attached hydrogens (primary N) is 1. The van der Waals surface area contributed by atoms with Gasteiger partial charge in [-0.25, -0.2) is 4.98 Å². The Balaban J connectivity index is 2.49. The predicted molar refractivity (Wildman–Crippen MR) is 74.4 cm³/mol. The third-order valence-electron chi connectivity index (χ3n) is 2.98. The van der Waals surface area contributed by atoms with Crippen LogP contribution in [0.1, 0.15) is 34.0 Å². The Hall–Kier alpha value is -1.19. The summed E-state index contributed by atoms with van der Waals surface area (Å²) in [6.45, 7) is 8.34. The molecule has 90 valence electrons. The minimum atomic E-state index is 0.0130. The van der Waals surface area contributed by atoms with E-state index in [0.717, 1.165) is 10.7 Å². The first-order chi connectivity index (χ1) is 7.99. The van der Waals surface area contributed by atoms with Crippen LogP contribution in [0.4, 0.5) is 0 Å². The molecule has 1 unspecified atom stereocenters. The lowest BCUT2D eigenvalue weighted by Gasteiger charge is -2.03. The molecule has 1 atom stereocenters. The largest absolute Gasteiger partial charge is 0.322 e. The van der Waals surface area contributed by atoms with Gasteiger partial charge in [0.25, 0.3) is 0 Å². The quantitative estimate of drug-likeness (QED) is 0.876. The van der Waals surface area contributed by atoms with Gasteiger partial charge in [0, 0.05) is 10.4 Å². The zero-order valence-corrected chi connectivity index (χ0v) is 11.6. The number of thiazole rings is 1. The Labute approximate surface area is 107 Å². The highest BCUT2D eigenvalue weighted by Crippen LogP contribution is 2.30. The minimum Gasteiger partial charge on any atom is -0.322 e. The Bertz CT molecular complexity index is 541. The van der Waals surface area contributed by atoms with Gasteiger partial charge in [-0.15, -0.1) is 11.3 Å². The molecule has 0 spiro atoms. The number of nitrogens with zero attached hydrogens (tertiary/aromatic N) is 1. The molecule has 2 aromatic rings. The van der Waals surface area contributed by atoms with Crippen LogP contribution in [0.25, 0.3) is 11.3 Å². The van der Waals surface area contributed by atoms with Crippen molar-refractivity contribution in [2.24, 2.45) is 5.73 Å². The van der Waals surface area contributed by atoms with Crippen molar-refractivity contribution in [3.63, 3.8) is 0 Å². The van der Waals surface area contributed by atoms with E-state index in [2.05, 4.69) is 44.0 Å². The SMILES string of the molecule is Cc1ccc(-c2nc(C(C)N)sc2C)cc1C. The average molecular weight is 246 g/mol. The number of rotatable bonds is 2. The van der Waals surface area contributed by atoms with Crippen LogP contribution in [0.5, 0.6) is 0 Å². The molecule has 0 saturated carbocycles. The summed E-state index contributed by atoms with van der Waals surface area (Å²) in [4.78, 5) is 5.88. The Kier molecular flexibility index (Phi) is 3.31. The molecule has 1 aromatic carbocycles. The standard InChI is InChI=1S/C14H18N2S/c1-8-5-6-12(7-9(8)2)13-11(4)17-14(16-13)10(3)15/h5-7,10H,15H2,1-4H3. The van der Waals surface area contributed by atoms with Crippen LogP contribution in [0, 0.1) is 20.8 Å². The lowest BCUT2D eigenvalue weighted by Crippen LogP contribution is -2.03. The normalized spacial score (nSPS) is 12.8. The second-order valence-corrected chi connectivity index (χ2v) is 5.78. The summed E-state index contributed by atoms with van der Waals surface area (Å²) in [6.07, 6.45) is 0. The van der Waals surface area contributed by atoms with E-state index >= 15 is 0 Å². The topological polar surface area (TPSA) is 38.9 Å². The van der Waals surface area contributed by atoms with Gasteiger partial charge in [0.15, 0.2) is 0 Å². The predicted octanol–water partition coefficient (Wildman–Crippen LogP) is 3.76. The van der Waals surface area contributed by atoms with Gasteiger partial charge in [-0.3, -0.25) is 0 Å². The first kappa shape index (κ1) is 12.3. The molecule has 0 aliphatic carbocycles. The molecule has 0 saturated heterocycles. The maximum atomic E-state index is 5.88. The van der Waals surface area contributed by atoms with Gasteiger partial charge in [0.2, 0.25) is 0 Å². The van der Waals surface area contributed by atoms with E-state index in [1.165, 1.54) is 21.6 Å². The van der Waals surface area contributed by atoms with Crippen molar-refractivity contribution in [2.45, 2.75) is 33.7 Å². The smallest absolute Gasteiger partial charge is 0.110 e. The summed E-state index contributed by atoms with van der Waals surface area (Å²) < 4.78 is 0. The lowest BCUT2D eigenvalue weighted by molar-refractivity contribution is 0.808. The Morgan fingerprint density at radius 1 is 1.18 bits per heavy atom. The van der Waals surface area contributed by atoms with Crippen molar-refractivity contribution < 1.29 is 0 Å². The molecule has 2 rings (SSSR count). The number of hydrogen-bond acceptors (Lipinski definition) is 3. The summed E-state index contributed by atoms with van der Waals surface area (Å²) >= 11 is 1.69. The number of aryl methyl sites for hydroxylation is 3. The monoisotopic (exact) mass is 246 g/mol. The van der Waals surface area contributed by atoms with Gasteiger partial charge in [-0.05, 0) is 44.9 Å². The number of benzene rings is 1. The third-order valence-corrected chi connectivity index (χ3v) is 4.15. The highest BCUT2D eigenvalue weighted by atomic mass is 32.1. The fourth-order valence-corrected chi connectivity index (χ4v) is 2.66. The van der Waals surface area contributed by atoms with Crippen LogP contribution in [0.2, 0.25) is 0 Å². The lowest BCUT2D eigenvalue weighted by atomic mass is 10.0. The van der Waals surface area contributed by atoms with Gasteiger partial charge >= 0.3 is 0 Å². The molecule has 3 heteroatoms. The molecule has 2 N–H and O–H groups in total. The van der Waals surface area contributed by atoms with E-state index in [1.807, 2.05) is 6.92 Å². The van der Waals surface area contributed by atoms with E-state index in [1.54, 1.807) is 11.3 Å². The molecule has 0 aliphatic heterocycles. The molecule has 0 aliphatic rings. The van der Waals surface area contributed by atoms with E-state index in [0.29, 0.717) is 0 Å². The van der Waals surface area contributed by atoms with Crippen LogP contribution in [0.15, 0.2) is 18.2 Å². The van der Waals surface area contributed by atoms with Gasteiger partial charge in [0.05, 0.1) is 11.7 Å². The summed E-state index contributed by atoms with van der Waals surface area (Å²) in [5, 5.41) is 1.01. The van der Waals surface area contributed by atoms with Crippen LogP contribution in [-0.4, -0.2) is 4.98 Å². The second-order valence-electron chi connectivity index (χ2n) is 4.54. The Morgan fingerprint density at radius 2 is 1.88 bits per heavy atom. The molecular formula is C14H18N2S. The maximum Gasteiger partial charge on any atom is 0.110 e. The van der Waals surface area contributed by atoms with Crippen molar-refractivity contribution >= 4 is 11.3 Å². The van der Waals surface area contributed by atoms with Crippen molar-refractivity contribution in [1.82, 2.24) is 4.98 Å².